The molecule has 4 rings (SSSR count). The van der Waals surface area contributed by atoms with Crippen molar-refractivity contribution in [3.8, 4) is 0 Å². The fraction of sp³-hybridized carbons (Fsp3) is 0.583. The molecule has 0 radical (unpaired) electrons. The van der Waals surface area contributed by atoms with E-state index in [4.69, 9.17) is 4.74 Å². The minimum absolute atomic E-state index is 0.0109. The highest BCUT2D eigenvalue weighted by Crippen LogP contribution is 2.30. The Bertz CT molecular complexity index is 879. The predicted octanol–water partition coefficient (Wildman–Crippen LogP) is 2.99. The molecule has 6 heteroatoms. The molecule has 6 nitrogen and oxygen atoms in total. The van der Waals surface area contributed by atoms with E-state index >= 15 is 0 Å². The Morgan fingerprint density at radius 2 is 2.03 bits per heavy atom. The zero-order valence-corrected chi connectivity index (χ0v) is 18.4. The van der Waals surface area contributed by atoms with Crippen LogP contribution in [0.4, 0.5) is 5.69 Å². The molecule has 0 saturated carbocycles. The average molecular weight is 411 g/mol. The third-order valence-electron chi connectivity index (χ3n) is 6.45. The van der Waals surface area contributed by atoms with E-state index in [2.05, 4.69) is 59.2 Å². The number of hydrogen-bond acceptors (Lipinski definition) is 5. The Hall–Kier alpha value is -2.18. The minimum atomic E-state index is -0.0109. The van der Waals surface area contributed by atoms with Crippen molar-refractivity contribution in [2.45, 2.75) is 45.3 Å². The molecule has 2 fully saturated rings. The fourth-order valence-corrected chi connectivity index (χ4v) is 4.76. The Labute approximate surface area is 179 Å². The SMILES string of the molecule is Cc1ccc(N2C[C@H](CNC(=O)CC3CCN(C)CC3)O[C@H](C)C2)c2cccnc12. The number of carbonyl (C=O) groups is 1. The molecule has 1 N–H and O–H groups in total. The average Bonchev–Trinajstić information content (AvgIpc) is 2.74. The van der Waals surface area contributed by atoms with Crippen LogP contribution in [0.15, 0.2) is 30.5 Å². The van der Waals surface area contributed by atoms with Gasteiger partial charge in [-0.05, 0) is 76.5 Å². The number of benzene rings is 1. The quantitative estimate of drug-likeness (QED) is 0.821. The van der Waals surface area contributed by atoms with Gasteiger partial charge in [-0.1, -0.05) is 6.07 Å². The van der Waals surface area contributed by atoms with Crippen molar-refractivity contribution in [1.29, 1.82) is 0 Å². The van der Waals surface area contributed by atoms with E-state index in [1.807, 2.05) is 12.3 Å². The van der Waals surface area contributed by atoms with Crippen LogP contribution >= 0.6 is 0 Å². The highest BCUT2D eigenvalue weighted by Gasteiger charge is 2.27. The second-order valence-corrected chi connectivity index (χ2v) is 9.03. The topological polar surface area (TPSA) is 57.7 Å². The molecule has 0 aliphatic carbocycles. The van der Waals surface area contributed by atoms with Gasteiger partial charge in [0.15, 0.2) is 0 Å². The predicted molar refractivity (Wildman–Crippen MR) is 121 cm³/mol. The number of fused-ring (bicyclic) bond motifs is 1. The monoisotopic (exact) mass is 410 g/mol. The number of carbonyl (C=O) groups excluding carboxylic acids is 1. The van der Waals surface area contributed by atoms with E-state index in [9.17, 15) is 4.79 Å². The van der Waals surface area contributed by atoms with Crippen LogP contribution in [0, 0.1) is 12.8 Å². The first-order valence-corrected chi connectivity index (χ1v) is 11.2. The van der Waals surface area contributed by atoms with E-state index in [1.54, 1.807) is 0 Å². The normalized spacial score (nSPS) is 23.6. The number of likely N-dealkylation sites (tertiary alicyclic amines) is 1. The molecular formula is C24H34N4O2. The lowest BCUT2D eigenvalue weighted by molar-refractivity contribution is -0.123. The largest absolute Gasteiger partial charge is 0.370 e. The molecule has 2 atom stereocenters. The first kappa shape index (κ1) is 21.1. The molecule has 162 valence electrons. The standard InChI is InChI=1S/C24H34N4O2/c1-17-6-7-22(21-5-4-10-25-24(17)21)28-15-18(2)30-20(16-28)14-26-23(29)13-19-8-11-27(3)12-9-19/h4-7,10,18-20H,8-9,11-16H2,1-3H3,(H,26,29)/t18-,20+/m1/s1. The number of nitrogens with zero attached hydrogens (tertiary/aromatic N) is 3. The molecule has 3 heterocycles. The van der Waals surface area contributed by atoms with Crippen LogP contribution in [0.3, 0.4) is 0 Å². The number of pyridine rings is 1. The van der Waals surface area contributed by atoms with Gasteiger partial charge in [0.1, 0.15) is 0 Å². The van der Waals surface area contributed by atoms with E-state index in [0.717, 1.165) is 44.5 Å². The summed E-state index contributed by atoms with van der Waals surface area (Å²) in [4.78, 5) is 21.8. The maximum absolute atomic E-state index is 12.5. The van der Waals surface area contributed by atoms with Gasteiger partial charge in [-0.3, -0.25) is 9.78 Å². The van der Waals surface area contributed by atoms with Gasteiger partial charge in [-0.2, -0.15) is 0 Å². The smallest absolute Gasteiger partial charge is 0.220 e. The van der Waals surface area contributed by atoms with E-state index in [1.165, 1.54) is 16.6 Å². The second kappa shape index (κ2) is 9.31. The first-order chi connectivity index (χ1) is 14.5. The Morgan fingerprint density at radius 1 is 1.23 bits per heavy atom. The number of nitrogens with one attached hydrogen (secondary N) is 1. The summed E-state index contributed by atoms with van der Waals surface area (Å²) in [6.07, 6.45) is 4.82. The number of rotatable bonds is 5. The summed E-state index contributed by atoms with van der Waals surface area (Å²) in [6, 6.07) is 8.47. The van der Waals surface area contributed by atoms with Crippen LogP contribution in [-0.4, -0.2) is 67.8 Å². The lowest BCUT2D eigenvalue weighted by Gasteiger charge is -2.39. The molecule has 0 spiro atoms. The molecule has 1 aromatic carbocycles. The lowest BCUT2D eigenvalue weighted by atomic mass is 9.93. The third-order valence-corrected chi connectivity index (χ3v) is 6.45. The fourth-order valence-electron chi connectivity index (χ4n) is 4.76. The summed E-state index contributed by atoms with van der Waals surface area (Å²) in [5.41, 5.74) is 3.44. The van der Waals surface area contributed by atoms with Gasteiger partial charge in [0, 0.05) is 43.3 Å². The van der Waals surface area contributed by atoms with Crippen molar-refractivity contribution in [3.05, 3.63) is 36.0 Å². The van der Waals surface area contributed by atoms with Crippen molar-refractivity contribution in [3.63, 3.8) is 0 Å². The molecule has 0 unspecified atom stereocenters. The molecule has 1 aromatic heterocycles. The number of anilines is 1. The van der Waals surface area contributed by atoms with E-state index in [0.29, 0.717) is 18.9 Å². The van der Waals surface area contributed by atoms with Crippen molar-refractivity contribution >= 4 is 22.5 Å². The number of hydrogen-bond donors (Lipinski definition) is 1. The molecule has 2 saturated heterocycles. The van der Waals surface area contributed by atoms with Crippen LogP contribution in [0.5, 0.6) is 0 Å². The van der Waals surface area contributed by atoms with Crippen LogP contribution in [0.25, 0.3) is 10.9 Å². The van der Waals surface area contributed by atoms with Gasteiger partial charge in [0.25, 0.3) is 0 Å². The molecule has 2 aliphatic heterocycles. The zero-order valence-electron chi connectivity index (χ0n) is 18.4. The highest BCUT2D eigenvalue weighted by molar-refractivity contribution is 5.93. The number of piperidine rings is 1. The van der Waals surface area contributed by atoms with Crippen LogP contribution in [0.1, 0.15) is 31.7 Å². The lowest BCUT2D eigenvalue weighted by Crippen LogP contribution is -2.51. The second-order valence-electron chi connectivity index (χ2n) is 9.03. The highest BCUT2D eigenvalue weighted by atomic mass is 16.5. The molecule has 2 aromatic rings. The molecule has 0 bridgehead atoms. The summed E-state index contributed by atoms with van der Waals surface area (Å²) in [5.74, 6) is 0.665. The summed E-state index contributed by atoms with van der Waals surface area (Å²) in [6.45, 7) is 8.57. The zero-order chi connectivity index (χ0) is 21.1. The van der Waals surface area contributed by atoms with E-state index < -0.39 is 0 Å². The maximum Gasteiger partial charge on any atom is 0.220 e. The first-order valence-electron chi connectivity index (χ1n) is 11.2. The molecule has 30 heavy (non-hydrogen) atoms. The molecular weight excluding hydrogens is 376 g/mol. The number of ether oxygens (including phenoxy) is 1. The maximum atomic E-state index is 12.5. The number of amides is 1. The van der Waals surface area contributed by atoms with Gasteiger partial charge in [-0.15, -0.1) is 0 Å². The van der Waals surface area contributed by atoms with E-state index in [-0.39, 0.29) is 18.1 Å². The van der Waals surface area contributed by atoms with Gasteiger partial charge < -0.3 is 19.9 Å². The molecule has 1 amide bonds. The Morgan fingerprint density at radius 3 is 2.83 bits per heavy atom. The summed E-state index contributed by atoms with van der Waals surface area (Å²) in [7, 11) is 2.15. The Balaban J connectivity index is 1.37. The summed E-state index contributed by atoms with van der Waals surface area (Å²) < 4.78 is 6.15. The molecule has 2 aliphatic rings. The van der Waals surface area contributed by atoms with Gasteiger partial charge in [-0.25, -0.2) is 0 Å². The van der Waals surface area contributed by atoms with Crippen LogP contribution in [0.2, 0.25) is 0 Å². The van der Waals surface area contributed by atoms with Gasteiger partial charge >= 0.3 is 0 Å². The minimum Gasteiger partial charge on any atom is -0.370 e. The van der Waals surface area contributed by atoms with Crippen LogP contribution in [-0.2, 0) is 9.53 Å². The van der Waals surface area contributed by atoms with Crippen LogP contribution < -0.4 is 10.2 Å². The number of aryl methyl sites for hydroxylation is 1. The van der Waals surface area contributed by atoms with Crippen molar-refractivity contribution < 1.29 is 9.53 Å². The number of aromatic nitrogens is 1. The van der Waals surface area contributed by atoms with Crippen molar-refractivity contribution in [2.24, 2.45) is 5.92 Å². The van der Waals surface area contributed by atoms with Crippen molar-refractivity contribution in [1.82, 2.24) is 15.2 Å². The summed E-state index contributed by atoms with van der Waals surface area (Å²) >= 11 is 0. The van der Waals surface area contributed by atoms with Gasteiger partial charge in [0.05, 0.1) is 17.7 Å². The Kier molecular flexibility index (Phi) is 6.54. The number of morpholine rings is 1. The summed E-state index contributed by atoms with van der Waals surface area (Å²) in [5, 5.41) is 4.31. The third kappa shape index (κ3) is 4.93. The van der Waals surface area contributed by atoms with Crippen molar-refractivity contribution in [2.75, 3.05) is 44.7 Å². The van der Waals surface area contributed by atoms with Gasteiger partial charge in [0.2, 0.25) is 5.91 Å².